The Morgan fingerprint density at radius 3 is 2.69 bits per heavy atom. The monoisotopic (exact) mass is 288 g/mol. The molecule has 0 bridgehead atoms. The van der Waals surface area contributed by atoms with E-state index in [-0.39, 0.29) is 0 Å². The van der Waals surface area contributed by atoms with E-state index in [1.807, 2.05) is 0 Å². The van der Waals surface area contributed by atoms with E-state index in [9.17, 15) is 0 Å². The molecule has 2 unspecified atom stereocenters. The van der Waals surface area contributed by atoms with Crippen molar-refractivity contribution in [3.63, 3.8) is 0 Å². The van der Waals surface area contributed by atoms with Crippen LogP contribution in [0.15, 0.2) is 0 Å². The van der Waals surface area contributed by atoms with E-state index in [1.54, 1.807) is 0 Å². The first-order valence-electron chi connectivity index (χ1n) is 7.06. The summed E-state index contributed by atoms with van der Waals surface area (Å²) in [5.41, 5.74) is 0.316. The lowest BCUT2D eigenvalue weighted by Crippen LogP contribution is -2.31. The molecule has 1 saturated carbocycles. The van der Waals surface area contributed by atoms with Crippen LogP contribution < -0.4 is 0 Å². The number of hydrogen-bond donors (Lipinski definition) is 0. The second kappa shape index (κ2) is 5.86. The summed E-state index contributed by atoms with van der Waals surface area (Å²) in [7, 11) is 0. The molecule has 0 amide bonds. The third-order valence-electron chi connectivity index (χ3n) is 4.35. The maximum absolute atomic E-state index is 6.36. The van der Waals surface area contributed by atoms with Gasteiger partial charge in [-0.25, -0.2) is 0 Å². The van der Waals surface area contributed by atoms with E-state index < -0.39 is 0 Å². The first kappa shape index (κ1) is 12.9. The predicted molar refractivity (Wildman–Crippen MR) is 72.2 cm³/mol. The van der Waals surface area contributed by atoms with E-state index >= 15 is 0 Å². The van der Waals surface area contributed by atoms with E-state index in [1.165, 1.54) is 64.2 Å². The van der Waals surface area contributed by atoms with E-state index in [0.717, 1.165) is 0 Å². The molecule has 0 radical (unpaired) electrons. The third-order valence-corrected chi connectivity index (χ3v) is 5.45. The van der Waals surface area contributed by atoms with Crippen molar-refractivity contribution < 1.29 is 4.74 Å². The topological polar surface area (TPSA) is 9.23 Å². The Morgan fingerprint density at radius 1 is 1.25 bits per heavy atom. The molecule has 1 aliphatic heterocycles. The molecule has 2 heteroatoms. The molecular weight excluding hydrogens is 264 g/mol. The molecular formula is C14H25BrO. The lowest BCUT2D eigenvalue weighted by atomic mass is 9.83. The van der Waals surface area contributed by atoms with Crippen molar-refractivity contribution in [3.05, 3.63) is 0 Å². The second-order valence-electron chi connectivity index (χ2n) is 5.61. The van der Waals surface area contributed by atoms with Crippen LogP contribution in [-0.2, 0) is 4.74 Å². The molecule has 1 nitrogen and oxygen atoms in total. The zero-order chi connectivity index (χ0) is 11.4. The van der Waals surface area contributed by atoms with Crippen LogP contribution in [0.3, 0.4) is 0 Å². The molecule has 0 aromatic heterocycles. The van der Waals surface area contributed by atoms with Crippen molar-refractivity contribution in [1.82, 2.24) is 0 Å². The van der Waals surface area contributed by atoms with Gasteiger partial charge >= 0.3 is 0 Å². The van der Waals surface area contributed by atoms with E-state index in [2.05, 4.69) is 22.9 Å². The maximum atomic E-state index is 6.36. The highest BCUT2D eigenvalue weighted by molar-refractivity contribution is 9.09. The zero-order valence-corrected chi connectivity index (χ0v) is 12.1. The van der Waals surface area contributed by atoms with Crippen molar-refractivity contribution in [2.75, 3.05) is 0 Å². The molecule has 16 heavy (non-hydrogen) atoms. The molecule has 1 heterocycles. The number of ether oxygens (including phenoxy) is 1. The van der Waals surface area contributed by atoms with Gasteiger partial charge in [-0.3, -0.25) is 0 Å². The van der Waals surface area contributed by atoms with Gasteiger partial charge < -0.3 is 4.74 Å². The highest BCUT2D eigenvalue weighted by Crippen LogP contribution is 2.43. The minimum Gasteiger partial charge on any atom is -0.372 e. The van der Waals surface area contributed by atoms with Gasteiger partial charge in [-0.2, -0.15) is 0 Å². The smallest absolute Gasteiger partial charge is 0.0687 e. The van der Waals surface area contributed by atoms with Crippen LogP contribution in [0.4, 0.5) is 0 Å². The summed E-state index contributed by atoms with van der Waals surface area (Å²) in [6.45, 7) is 2.25. The number of rotatable bonds is 4. The lowest BCUT2D eigenvalue weighted by Gasteiger charge is -2.33. The Hall–Kier alpha value is 0.440. The highest BCUT2D eigenvalue weighted by Gasteiger charge is 2.40. The summed E-state index contributed by atoms with van der Waals surface area (Å²) in [5, 5.41) is 0. The standard InChI is InChI=1S/C14H25BrO/c1-2-12(15)6-7-13-8-11-14(16-13)9-4-3-5-10-14/h12-13H,2-11H2,1H3. The van der Waals surface area contributed by atoms with Gasteiger partial charge in [0.1, 0.15) is 0 Å². The summed E-state index contributed by atoms with van der Waals surface area (Å²) in [5.74, 6) is 0. The fourth-order valence-corrected chi connectivity index (χ4v) is 3.50. The quantitative estimate of drug-likeness (QED) is 0.674. The molecule has 1 spiro atoms. The normalized spacial score (nSPS) is 30.8. The number of hydrogen-bond acceptors (Lipinski definition) is 1. The van der Waals surface area contributed by atoms with Crippen molar-refractivity contribution in [1.29, 1.82) is 0 Å². The van der Waals surface area contributed by atoms with Crippen LogP contribution in [0.25, 0.3) is 0 Å². The summed E-state index contributed by atoms with van der Waals surface area (Å²) in [4.78, 5) is 0.694. The van der Waals surface area contributed by atoms with Gasteiger partial charge in [-0.1, -0.05) is 42.1 Å². The summed E-state index contributed by atoms with van der Waals surface area (Å²) < 4.78 is 6.36. The second-order valence-corrected chi connectivity index (χ2v) is 6.90. The molecule has 0 aromatic rings. The average Bonchev–Trinajstić information content (AvgIpc) is 2.70. The Balaban J connectivity index is 1.74. The fraction of sp³-hybridized carbons (Fsp3) is 1.00. The van der Waals surface area contributed by atoms with Crippen LogP contribution in [0, 0.1) is 0 Å². The van der Waals surface area contributed by atoms with Crippen molar-refractivity contribution in [3.8, 4) is 0 Å². The highest BCUT2D eigenvalue weighted by atomic mass is 79.9. The van der Waals surface area contributed by atoms with Gasteiger partial charge in [0.2, 0.25) is 0 Å². The van der Waals surface area contributed by atoms with E-state index in [0.29, 0.717) is 16.5 Å². The first-order chi connectivity index (χ1) is 7.74. The van der Waals surface area contributed by atoms with Gasteiger partial charge in [0.15, 0.2) is 0 Å². The molecule has 0 N–H and O–H groups in total. The van der Waals surface area contributed by atoms with Crippen LogP contribution in [0.1, 0.15) is 71.1 Å². The minimum absolute atomic E-state index is 0.316. The van der Waals surface area contributed by atoms with Crippen LogP contribution in [0.2, 0.25) is 0 Å². The Labute approximate surface area is 108 Å². The Bertz CT molecular complexity index is 211. The number of halogens is 1. The van der Waals surface area contributed by atoms with Gasteiger partial charge in [0.25, 0.3) is 0 Å². The Morgan fingerprint density at radius 2 is 2.00 bits per heavy atom. The molecule has 0 aromatic carbocycles. The third kappa shape index (κ3) is 3.22. The zero-order valence-electron chi connectivity index (χ0n) is 10.5. The van der Waals surface area contributed by atoms with E-state index in [4.69, 9.17) is 4.74 Å². The van der Waals surface area contributed by atoms with Crippen LogP contribution >= 0.6 is 15.9 Å². The molecule has 2 rings (SSSR count). The van der Waals surface area contributed by atoms with Crippen LogP contribution in [-0.4, -0.2) is 16.5 Å². The van der Waals surface area contributed by atoms with Gasteiger partial charge in [-0.05, 0) is 44.9 Å². The molecule has 1 aliphatic carbocycles. The average molecular weight is 289 g/mol. The van der Waals surface area contributed by atoms with Crippen molar-refractivity contribution >= 4 is 15.9 Å². The van der Waals surface area contributed by atoms with Gasteiger partial charge in [-0.15, -0.1) is 0 Å². The minimum atomic E-state index is 0.316. The largest absolute Gasteiger partial charge is 0.372 e. The fourth-order valence-electron chi connectivity index (χ4n) is 3.23. The summed E-state index contributed by atoms with van der Waals surface area (Å²) >= 11 is 3.72. The van der Waals surface area contributed by atoms with Gasteiger partial charge in [0, 0.05) is 4.83 Å². The lowest BCUT2D eigenvalue weighted by molar-refractivity contribution is -0.0659. The van der Waals surface area contributed by atoms with Crippen molar-refractivity contribution in [2.24, 2.45) is 0 Å². The number of alkyl halides is 1. The predicted octanol–water partition coefficient (Wildman–Crippen LogP) is 4.82. The summed E-state index contributed by atoms with van der Waals surface area (Å²) in [6.07, 6.45) is 13.8. The molecule has 1 saturated heterocycles. The first-order valence-corrected chi connectivity index (χ1v) is 7.97. The molecule has 94 valence electrons. The summed E-state index contributed by atoms with van der Waals surface area (Å²) in [6, 6.07) is 0. The van der Waals surface area contributed by atoms with Gasteiger partial charge in [0.05, 0.1) is 11.7 Å². The maximum Gasteiger partial charge on any atom is 0.0687 e. The van der Waals surface area contributed by atoms with Crippen LogP contribution in [0.5, 0.6) is 0 Å². The van der Waals surface area contributed by atoms with Crippen molar-refractivity contribution in [2.45, 2.75) is 87.7 Å². The molecule has 2 atom stereocenters. The Kier molecular flexibility index (Phi) is 4.72. The SMILES string of the molecule is CCC(Br)CCC1CCC2(CCCCC2)O1. The molecule has 2 fully saturated rings. The molecule has 2 aliphatic rings.